The van der Waals surface area contributed by atoms with Crippen molar-refractivity contribution in [3.8, 4) is 0 Å². The number of piperidine rings is 2. The Labute approximate surface area is 231 Å². The first-order chi connectivity index (χ1) is 18.7. The molecule has 0 saturated carbocycles. The van der Waals surface area contributed by atoms with Crippen molar-refractivity contribution in [2.45, 2.75) is 45.4 Å². The average molecular weight is 572 g/mol. The first kappa shape index (κ1) is 27.5. The van der Waals surface area contributed by atoms with E-state index >= 15 is 0 Å². The van der Waals surface area contributed by atoms with Crippen molar-refractivity contribution in [2.75, 3.05) is 26.2 Å². The second kappa shape index (κ2) is 11.2. The summed E-state index contributed by atoms with van der Waals surface area (Å²) in [7, 11) is -3.40. The predicted octanol–water partition coefficient (Wildman–Crippen LogP) is 5.85. The number of halogens is 1. The van der Waals surface area contributed by atoms with Gasteiger partial charge in [-0.25, -0.2) is 9.34 Å². The number of aromatic nitrogens is 1. The van der Waals surface area contributed by atoms with E-state index in [0.29, 0.717) is 37.3 Å². The van der Waals surface area contributed by atoms with Crippen LogP contribution in [-0.4, -0.2) is 56.5 Å². The normalized spacial score (nSPS) is 17.3. The van der Waals surface area contributed by atoms with Gasteiger partial charge in [0.25, 0.3) is 11.6 Å². The van der Waals surface area contributed by atoms with Crippen molar-refractivity contribution in [3.05, 3.63) is 80.1 Å². The van der Waals surface area contributed by atoms with E-state index in [0.717, 1.165) is 44.6 Å². The zero-order chi connectivity index (χ0) is 27.7. The maximum absolute atomic E-state index is 14.6. The van der Waals surface area contributed by atoms with Crippen molar-refractivity contribution in [3.63, 3.8) is 0 Å². The first-order valence-electron chi connectivity index (χ1n) is 13.2. The highest BCUT2D eigenvalue weighted by Crippen LogP contribution is 2.52. The molecule has 0 atom stereocenters. The van der Waals surface area contributed by atoms with Gasteiger partial charge in [-0.05, 0) is 62.4 Å². The number of benzene rings is 1. The van der Waals surface area contributed by atoms with E-state index in [1.807, 2.05) is 9.34 Å². The molecule has 3 aromatic rings. The molecule has 2 fully saturated rings. The number of hydrogen-bond donors (Lipinski definition) is 1. The van der Waals surface area contributed by atoms with Crippen molar-refractivity contribution in [2.24, 2.45) is 0 Å². The molecule has 12 heteroatoms. The summed E-state index contributed by atoms with van der Waals surface area (Å²) in [5, 5.41) is 14.3. The van der Waals surface area contributed by atoms with Gasteiger partial charge in [-0.2, -0.15) is 0 Å². The summed E-state index contributed by atoms with van der Waals surface area (Å²) in [6, 6.07) is 9.13. The third kappa shape index (κ3) is 5.14. The Balaban J connectivity index is 1.56. The molecule has 0 unspecified atom stereocenters. The van der Waals surface area contributed by atoms with Crippen LogP contribution in [0.15, 0.2) is 42.6 Å². The van der Waals surface area contributed by atoms with Gasteiger partial charge in [-0.3, -0.25) is 29.4 Å². The molecule has 2 saturated heterocycles. The number of rotatable bonds is 7. The summed E-state index contributed by atoms with van der Waals surface area (Å²) in [5.41, 5.74) is 1.07. The minimum atomic E-state index is -3.40. The van der Waals surface area contributed by atoms with E-state index < -0.39 is 24.2 Å². The predicted molar refractivity (Wildman–Crippen MR) is 150 cm³/mol. The molecule has 1 N–H and O–H groups in total. The second-order valence-corrected chi connectivity index (χ2v) is 12.9. The molecular formula is C27H31ClN5O5P. The maximum Gasteiger partial charge on any atom is 0.311 e. The lowest BCUT2D eigenvalue weighted by Crippen LogP contribution is -2.44. The van der Waals surface area contributed by atoms with Crippen LogP contribution in [0, 0.1) is 17.0 Å². The van der Waals surface area contributed by atoms with Crippen molar-refractivity contribution in [1.29, 1.82) is 0 Å². The monoisotopic (exact) mass is 571 g/mol. The van der Waals surface area contributed by atoms with E-state index in [9.17, 15) is 24.3 Å². The van der Waals surface area contributed by atoms with Crippen molar-refractivity contribution >= 4 is 42.1 Å². The van der Waals surface area contributed by atoms with Gasteiger partial charge in [0.2, 0.25) is 5.78 Å². The number of fused-ring (bicyclic) bond motifs is 1. The van der Waals surface area contributed by atoms with Crippen LogP contribution in [0.25, 0.3) is 5.52 Å². The molecule has 0 bridgehead atoms. The lowest BCUT2D eigenvalue weighted by molar-refractivity contribution is -0.384. The zero-order valence-corrected chi connectivity index (χ0v) is 23.4. The number of ketones is 1. The molecule has 4 heterocycles. The summed E-state index contributed by atoms with van der Waals surface area (Å²) in [6.45, 7) is 4.29. The molecule has 10 nitrogen and oxygen atoms in total. The van der Waals surface area contributed by atoms with Gasteiger partial charge < -0.3 is 4.40 Å². The smallest absolute Gasteiger partial charge is 0.311 e. The van der Waals surface area contributed by atoms with Gasteiger partial charge >= 0.3 is 7.59 Å². The van der Waals surface area contributed by atoms with E-state index in [2.05, 4.69) is 5.09 Å². The summed E-state index contributed by atoms with van der Waals surface area (Å²) in [4.78, 5) is 38.4. The zero-order valence-electron chi connectivity index (χ0n) is 21.8. The van der Waals surface area contributed by atoms with Crippen LogP contribution in [0.2, 0.25) is 5.02 Å². The third-order valence-corrected chi connectivity index (χ3v) is 10.8. The molecule has 2 aliphatic rings. The van der Waals surface area contributed by atoms with Crippen LogP contribution in [0.1, 0.15) is 70.5 Å². The number of carbonyl (C=O) groups excluding carboxylic acids is 2. The third-order valence-electron chi connectivity index (χ3n) is 7.61. The lowest BCUT2D eigenvalue weighted by atomic mass is 10.0. The summed E-state index contributed by atoms with van der Waals surface area (Å²) in [5.74, 6) is -0.987. The van der Waals surface area contributed by atoms with Gasteiger partial charge in [0.05, 0.1) is 21.7 Å². The number of nitro groups is 1. The molecule has 39 heavy (non-hydrogen) atoms. The highest BCUT2D eigenvalue weighted by Gasteiger charge is 2.41. The van der Waals surface area contributed by atoms with Gasteiger partial charge in [0.15, 0.2) is 0 Å². The fourth-order valence-corrected chi connectivity index (χ4v) is 8.49. The quantitative estimate of drug-likeness (QED) is 0.164. The van der Waals surface area contributed by atoms with E-state index in [1.165, 1.54) is 12.1 Å². The Morgan fingerprint density at radius 2 is 1.59 bits per heavy atom. The Bertz CT molecular complexity index is 1470. The minimum absolute atomic E-state index is 0.0699. The van der Waals surface area contributed by atoms with E-state index in [1.54, 1.807) is 35.7 Å². The number of pyridine rings is 1. The Hall–Kier alpha value is -3.04. The molecule has 0 aliphatic carbocycles. The molecule has 1 amide bonds. The highest BCUT2D eigenvalue weighted by molar-refractivity contribution is 7.57. The number of nitro benzene ring substituents is 1. The Morgan fingerprint density at radius 1 is 0.974 bits per heavy atom. The first-order valence-corrected chi connectivity index (χ1v) is 15.2. The molecule has 2 aromatic heterocycles. The Morgan fingerprint density at radius 3 is 2.18 bits per heavy atom. The van der Waals surface area contributed by atoms with Crippen molar-refractivity contribution < 1.29 is 19.1 Å². The lowest BCUT2D eigenvalue weighted by Gasteiger charge is -2.42. The summed E-state index contributed by atoms with van der Waals surface area (Å²) < 4.78 is 20.1. The van der Waals surface area contributed by atoms with Gasteiger partial charge in [0.1, 0.15) is 5.02 Å². The molecule has 0 radical (unpaired) electrons. The topological polar surface area (TPSA) is 117 Å². The molecule has 1 aromatic carbocycles. The largest absolute Gasteiger partial charge is 0.313 e. The summed E-state index contributed by atoms with van der Waals surface area (Å²) >= 11 is 5.96. The standard InChI is InChI=1S/C27H31ClN5O5P/c1-19-24(27(35)29-39(38,30-13-5-2-6-14-30)31-15-7-3-8-16-31)22-10-4-9-17-32(22)25(19)26(34)20-11-12-21(28)23(18-20)33(36)37/h4,9-12,17-18H,2-3,5-8,13-16H2,1H3,(H,29,35,38). The number of amides is 1. The molecule has 2 aliphatic heterocycles. The van der Waals surface area contributed by atoms with Crippen LogP contribution in [-0.2, 0) is 4.57 Å². The maximum atomic E-state index is 14.6. The SMILES string of the molecule is Cc1c(C(=O)NP(=O)(N2CCCCC2)N2CCCCC2)c2ccccn2c1C(=O)c1ccc(Cl)c([N+](=O)[O-])c1. The number of carbonyl (C=O) groups is 2. The minimum Gasteiger partial charge on any atom is -0.313 e. The number of hydrogen-bond acceptors (Lipinski definition) is 5. The Kier molecular flexibility index (Phi) is 7.91. The van der Waals surface area contributed by atoms with Crippen molar-refractivity contribution in [1.82, 2.24) is 18.8 Å². The van der Waals surface area contributed by atoms with Crippen LogP contribution in [0.4, 0.5) is 5.69 Å². The molecular weight excluding hydrogens is 541 g/mol. The fraction of sp³-hybridized carbons (Fsp3) is 0.407. The van der Waals surface area contributed by atoms with Gasteiger partial charge in [-0.1, -0.05) is 30.5 Å². The van der Waals surface area contributed by atoms with Crippen LogP contribution in [0.5, 0.6) is 0 Å². The van der Waals surface area contributed by atoms with E-state index in [-0.39, 0.29) is 27.5 Å². The average Bonchev–Trinajstić information content (AvgIpc) is 3.25. The fourth-order valence-electron chi connectivity index (χ4n) is 5.63. The van der Waals surface area contributed by atoms with Crippen LogP contribution in [0.3, 0.4) is 0 Å². The van der Waals surface area contributed by atoms with E-state index in [4.69, 9.17) is 11.6 Å². The molecule has 5 rings (SSSR count). The molecule has 0 spiro atoms. The van der Waals surface area contributed by atoms with Gasteiger partial charge in [0, 0.05) is 44.0 Å². The highest BCUT2D eigenvalue weighted by atomic mass is 35.5. The number of nitrogens with one attached hydrogen (secondary N) is 1. The summed E-state index contributed by atoms with van der Waals surface area (Å²) in [6.07, 6.45) is 7.51. The number of nitrogens with zero attached hydrogens (tertiary/aromatic N) is 4. The van der Waals surface area contributed by atoms with Gasteiger partial charge in [-0.15, -0.1) is 0 Å². The second-order valence-electron chi connectivity index (χ2n) is 10.1. The van der Waals surface area contributed by atoms with Crippen LogP contribution < -0.4 is 5.09 Å². The van der Waals surface area contributed by atoms with Crippen LogP contribution >= 0.6 is 19.2 Å². The molecule has 206 valence electrons.